The van der Waals surface area contributed by atoms with E-state index in [-0.39, 0.29) is 5.91 Å². The van der Waals surface area contributed by atoms with Crippen LogP contribution in [0.1, 0.15) is 30.1 Å². The summed E-state index contributed by atoms with van der Waals surface area (Å²) in [5, 5.41) is 8.82. The van der Waals surface area contributed by atoms with Crippen molar-refractivity contribution in [2.75, 3.05) is 28.6 Å². The van der Waals surface area contributed by atoms with Crippen LogP contribution in [0.4, 0.5) is 22.3 Å². The first-order chi connectivity index (χ1) is 13.7. The third kappa shape index (κ3) is 4.48. The molecule has 2 N–H and O–H groups in total. The largest absolute Gasteiger partial charge is 0.357 e. The zero-order valence-electron chi connectivity index (χ0n) is 15.8. The van der Waals surface area contributed by atoms with Crippen molar-refractivity contribution in [2.24, 2.45) is 5.92 Å². The number of pyridine rings is 1. The standard InChI is InChI=1S/C21H23N5OS/c1-15-7-10-26(11-8-15)19-6-5-18(14-23-19)24-20(27)16-3-2-4-17(13-16)25-21-22-9-12-28-21/h2-6,9,12-15H,7-8,10-11H2,1H3,(H,22,25)(H,24,27). The SMILES string of the molecule is CC1CCN(c2ccc(NC(=O)c3cccc(Nc4nccs4)c3)cn2)CC1. The van der Waals surface area contributed by atoms with Crippen LogP contribution in [-0.2, 0) is 0 Å². The topological polar surface area (TPSA) is 70.2 Å². The van der Waals surface area contributed by atoms with Gasteiger partial charge < -0.3 is 15.5 Å². The molecule has 1 fully saturated rings. The number of aromatic nitrogens is 2. The highest BCUT2D eigenvalue weighted by Gasteiger charge is 2.17. The highest BCUT2D eigenvalue weighted by atomic mass is 32.1. The van der Waals surface area contributed by atoms with Gasteiger partial charge in [-0.25, -0.2) is 9.97 Å². The Morgan fingerprint density at radius 3 is 2.71 bits per heavy atom. The summed E-state index contributed by atoms with van der Waals surface area (Å²) in [4.78, 5) is 23.6. The number of amides is 1. The van der Waals surface area contributed by atoms with Crippen molar-refractivity contribution in [3.8, 4) is 0 Å². The summed E-state index contributed by atoms with van der Waals surface area (Å²) in [5.41, 5.74) is 2.10. The Labute approximate surface area is 168 Å². The van der Waals surface area contributed by atoms with Crippen molar-refractivity contribution >= 4 is 39.6 Å². The lowest BCUT2D eigenvalue weighted by molar-refractivity contribution is 0.102. The molecule has 4 rings (SSSR count). The summed E-state index contributed by atoms with van der Waals surface area (Å²) in [7, 11) is 0. The van der Waals surface area contributed by atoms with Crippen molar-refractivity contribution in [3.63, 3.8) is 0 Å². The normalized spacial score (nSPS) is 14.7. The quantitative estimate of drug-likeness (QED) is 0.653. The Balaban J connectivity index is 1.39. The van der Waals surface area contributed by atoms with E-state index < -0.39 is 0 Å². The molecule has 1 aromatic carbocycles. The molecule has 2 aromatic heterocycles. The molecule has 0 atom stereocenters. The van der Waals surface area contributed by atoms with Crippen LogP contribution in [0.25, 0.3) is 0 Å². The van der Waals surface area contributed by atoms with Crippen molar-refractivity contribution < 1.29 is 4.79 Å². The van der Waals surface area contributed by atoms with Crippen LogP contribution in [0, 0.1) is 5.92 Å². The molecular weight excluding hydrogens is 370 g/mol. The zero-order chi connectivity index (χ0) is 19.3. The fourth-order valence-corrected chi connectivity index (χ4v) is 3.78. The fourth-order valence-electron chi connectivity index (χ4n) is 3.23. The molecule has 1 saturated heterocycles. The number of carbonyl (C=O) groups excluding carboxylic acids is 1. The first kappa shape index (κ1) is 18.4. The Kier molecular flexibility index (Phi) is 5.53. The van der Waals surface area contributed by atoms with Gasteiger partial charge in [0.25, 0.3) is 5.91 Å². The van der Waals surface area contributed by atoms with Gasteiger partial charge in [-0.3, -0.25) is 4.79 Å². The number of piperidine rings is 1. The monoisotopic (exact) mass is 393 g/mol. The molecule has 0 unspecified atom stereocenters. The Morgan fingerprint density at radius 1 is 1.14 bits per heavy atom. The van der Waals surface area contributed by atoms with Gasteiger partial charge >= 0.3 is 0 Å². The second-order valence-electron chi connectivity index (χ2n) is 7.07. The van der Waals surface area contributed by atoms with Gasteiger partial charge in [0.15, 0.2) is 5.13 Å². The van der Waals surface area contributed by atoms with E-state index >= 15 is 0 Å². The molecule has 28 heavy (non-hydrogen) atoms. The number of benzene rings is 1. The molecular formula is C21H23N5OS. The van der Waals surface area contributed by atoms with Crippen molar-refractivity contribution in [1.82, 2.24) is 9.97 Å². The van der Waals surface area contributed by atoms with Crippen LogP contribution in [-0.4, -0.2) is 29.0 Å². The Hall–Kier alpha value is -2.93. The fraction of sp³-hybridized carbons (Fsp3) is 0.286. The lowest BCUT2D eigenvalue weighted by Gasteiger charge is -2.31. The number of thiazole rings is 1. The minimum Gasteiger partial charge on any atom is -0.357 e. The predicted molar refractivity (Wildman–Crippen MR) is 115 cm³/mol. The zero-order valence-corrected chi connectivity index (χ0v) is 16.6. The van der Waals surface area contributed by atoms with Crippen LogP contribution in [0.15, 0.2) is 54.2 Å². The number of anilines is 4. The van der Waals surface area contributed by atoms with Crippen LogP contribution < -0.4 is 15.5 Å². The van der Waals surface area contributed by atoms with Gasteiger partial charge in [0.05, 0.1) is 11.9 Å². The van der Waals surface area contributed by atoms with Gasteiger partial charge in [-0.15, -0.1) is 11.3 Å². The molecule has 3 aromatic rings. The number of nitrogens with one attached hydrogen (secondary N) is 2. The smallest absolute Gasteiger partial charge is 0.255 e. The van der Waals surface area contributed by atoms with E-state index in [0.717, 1.165) is 35.6 Å². The maximum atomic E-state index is 12.6. The Bertz CT molecular complexity index is 918. The number of rotatable bonds is 5. The van der Waals surface area contributed by atoms with Crippen LogP contribution in [0.5, 0.6) is 0 Å². The molecule has 6 nitrogen and oxygen atoms in total. The Morgan fingerprint density at radius 2 is 2.00 bits per heavy atom. The average Bonchev–Trinajstić information content (AvgIpc) is 3.22. The molecule has 0 aliphatic carbocycles. The highest BCUT2D eigenvalue weighted by molar-refractivity contribution is 7.13. The molecule has 0 spiro atoms. The number of nitrogens with zero attached hydrogens (tertiary/aromatic N) is 3. The third-order valence-corrected chi connectivity index (χ3v) is 5.61. The van der Waals surface area contributed by atoms with E-state index in [9.17, 15) is 4.79 Å². The second kappa shape index (κ2) is 8.39. The predicted octanol–water partition coefficient (Wildman–Crippen LogP) is 4.77. The lowest BCUT2D eigenvalue weighted by Crippen LogP contribution is -2.33. The molecule has 0 radical (unpaired) electrons. The molecule has 0 bridgehead atoms. The minimum atomic E-state index is -0.163. The number of hydrogen-bond acceptors (Lipinski definition) is 6. The van der Waals surface area contributed by atoms with Gasteiger partial charge in [-0.1, -0.05) is 13.0 Å². The maximum absolute atomic E-state index is 12.6. The van der Waals surface area contributed by atoms with Gasteiger partial charge in [-0.2, -0.15) is 0 Å². The van der Waals surface area contributed by atoms with E-state index in [1.54, 1.807) is 18.5 Å². The van der Waals surface area contributed by atoms with Gasteiger partial charge in [0, 0.05) is 35.9 Å². The van der Waals surface area contributed by atoms with E-state index in [0.29, 0.717) is 11.3 Å². The van der Waals surface area contributed by atoms with E-state index in [1.165, 1.54) is 24.2 Å². The van der Waals surface area contributed by atoms with E-state index in [1.807, 2.05) is 35.7 Å². The molecule has 0 saturated carbocycles. The minimum absolute atomic E-state index is 0.163. The summed E-state index contributed by atoms with van der Waals surface area (Å²) in [6, 6.07) is 11.3. The molecule has 1 aliphatic rings. The molecule has 7 heteroatoms. The molecule has 3 heterocycles. The number of hydrogen-bond donors (Lipinski definition) is 2. The van der Waals surface area contributed by atoms with Crippen LogP contribution in [0.3, 0.4) is 0 Å². The lowest BCUT2D eigenvalue weighted by atomic mass is 9.99. The molecule has 1 amide bonds. The molecule has 1 aliphatic heterocycles. The third-order valence-electron chi connectivity index (χ3n) is 4.92. The van der Waals surface area contributed by atoms with Crippen molar-refractivity contribution in [3.05, 3.63) is 59.7 Å². The van der Waals surface area contributed by atoms with E-state index in [4.69, 9.17) is 0 Å². The first-order valence-corrected chi connectivity index (χ1v) is 10.3. The van der Waals surface area contributed by atoms with Crippen LogP contribution >= 0.6 is 11.3 Å². The van der Waals surface area contributed by atoms with Gasteiger partial charge in [0.1, 0.15) is 5.82 Å². The summed E-state index contributed by atoms with van der Waals surface area (Å²) >= 11 is 1.51. The molecule has 144 valence electrons. The van der Waals surface area contributed by atoms with Crippen LogP contribution in [0.2, 0.25) is 0 Å². The van der Waals surface area contributed by atoms with Gasteiger partial charge in [-0.05, 0) is 49.1 Å². The van der Waals surface area contributed by atoms with Crippen molar-refractivity contribution in [2.45, 2.75) is 19.8 Å². The second-order valence-corrected chi connectivity index (χ2v) is 7.97. The first-order valence-electron chi connectivity index (χ1n) is 9.46. The van der Waals surface area contributed by atoms with Crippen molar-refractivity contribution in [1.29, 1.82) is 0 Å². The number of carbonyl (C=O) groups is 1. The summed E-state index contributed by atoms with van der Waals surface area (Å²) in [6.45, 7) is 4.38. The summed E-state index contributed by atoms with van der Waals surface area (Å²) < 4.78 is 0. The van der Waals surface area contributed by atoms with E-state index in [2.05, 4.69) is 32.4 Å². The van der Waals surface area contributed by atoms with Gasteiger partial charge in [0.2, 0.25) is 0 Å². The summed E-state index contributed by atoms with van der Waals surface area (Å²) in [5.74, 6) is 1.60. The summed E-state index contributed by atoms with van der Waals surface area (Å²) in [6.07, 6.45) is 5.87. The maximum Gasteiger partial charge on any atom is 0.255 e. The average molecular weight is 394 g/mol. The highest BCUT2D eigenvalue weighted by Crippen LogP contribution is 2.23.